The molecule has 2 N–H and O–H groups in total. The molecule has 2 aromatic carbocycles. The van der Waals surface area contributed by atoms with Crippen molar-refractivity contribution in [3.05, 3.63) is 59.0 Å². The van der Waals surface area contributed by atoms with Gasteiger partial charge in [-0.25, -0.2) is 0 Å². The number of anilines is 2. The molecule has 4 rings (SSSR count). The minimum atomic E-state index is -1.21. The number of para-hydroxylation sites is 1. The molecule has 0 aliphatic carbocycles. The quantitative estimate of drug-likeness (QED) is 0.443. The second-order valence-electron chi connectivity index (χ2n) is 7.27. The Bertz CT molecular complexity index is 1240. The first-order valence-electron chi connectivity index (χ1n) is 10.2. The molecular formula is C23H19N3O6S2. The maximum atomic E-state index is 13.4. The number of thiocarbonyl (C=S) groups is 1. The number of nitrogens with one attached hydrogen (secondary N) is 1. The van der Waals surface area contributed by atoms with Crippen LogP contribution in [0.5, 0.6) is 5.75 Å². The van der Waals surface area contributed by atoms with Crippen LogP contribution in [0.15, 0.2) is 53.4 Å². The molecule has 0 spiro atoms. The number of carbonyl (C=O) groups excluding carboxylic acids is 3. The summed E-state index contributed by atoms with van der Waals surface area (Å²) < 4.78 is 5.45. The molecule has 2 aliphatic heterocycles. The molecule has 3 amide bonds. The fourth-order valence-corrected chi connectivity index (χ4v) is 4.95. The van der Waals surface area contributed by atoms with Gasteiger partial charge in [-0.15, -0.1) is 0 Å². The van der Waals surface area contributed by atoms with Crippen molar-refractivity contribution >= 4 is 68.9 Å². The minimum absolute atomic E-state index is 0.0538. The molecule has 0 bridgehead atoms. The number of carboxylic acids is 1. The highest BCUT2D eigenvalue weighted by Gasteiger charge is 2.42. The van der Waals surface area contributed by atoms with Gasteiger partial charge in [0.25, 0.3) is 11.8 Å². The fourth-order valence-electron chi connectivity index (χ4n) is 3.62. The van der Waals surface area contributed by atoms with Gasteiger partial charge in [0.05, 0.1) is 22.8 Å². The molecule has 2 aliphatic rings. The maximum Gasteiger partial charge on any atom is 0.323 e. The van der Waals surface area contributed by atoms with E-state index in [4.69, 9.17) is 22.1 Å². The van der Waals surface area contributed by atoms with Gasteiger partial charge in [-0.2, -0.15) is 0 Å². The van der Waals surface area contributed by atoms with Crippen LogP contribution in [-0.4, -0.2) is 57.7 Å². The Morgan fingerprint density at radius 3 is 2.41 bits per heavy atom. The number of fused-ring (bicyclic) bond motifs is 1. The Morgan fingerprint density at radius 2 is 1.74 bits per heavy atom. The third-order valence-corrected chi connectivity index (χ3v) is 6.49. The van der Waals surface area contributed by atoms with Crippen molar-refractivity contribution in [1.82, 2.24) is 4.90 Å². The van der Waals surface area contributed by atoms with Crippen LogP contribution in [0, 0.1) is 0 Å². The Labute approximate surface area is 204 Å². The van der Waals surface area contributed by atoms with Crippen molar-refractivity contribution in [2.75, 3.05) is 29.9 Å². The second-order valence-corrected chi connectivity index (χ2v) is 8.92. The SMILES string of the molecule is CCOc1ccc(NC(=O)CN2C(=O)C(=C3SC(=S)N(CC(=O)O)C3=O)c3ccccc32)cc1. The Hall–Kier alpha value is -3.70. The monoisotopic (exact) mass is 497 g/mol. The highest BCUT2D eigenvalue weighted by molar-refractivity contribution is 8.26. The van der Waals surface area contributed by atoms with E-state index in [1.165, 1.54) is 4.90 Å². The summed E-state index contributed by atoms with van der Waals surface area (Å²) >= 11 is 6.04. The molecule has 0 saturated carbocycles. The van der Waals surface area contributed by atoms with Crippen LogP contribution in [0.2, 0.25) is 0 Å². The van der Waals surface area contributed by atoms with Gasteiger partial charge in [0.2, 0.25) is 5.91 Å². The molecule has 0 aromatic heterocycles. The van der Waals surface area contributed by atoms with E-state index < -0.39 is 30.2 Å². The van der Waals surface area contributed by atoms with Gasteiger partial charge < -0.3 is 15.2 Å². The summed E-state index contributed by atoms with van der Waals surface area (Å²) in [4.78, 5) is 52.4. The average Bonchev–Trinajstić information content (AvgIpc) is 3.22. The molecule has 1 saturated heterocycles. The number of aliphatic carboxylic acids is 1. The number of thioether (sulfide) groups is 1. The third-order valence-electron chi connectivity index (χ3n) is 5.04. The van der Waals surface area contributed by atoms with Crippen molar-refractivity contribution in [1.29, 1.82) is 0 Å². The summed E-state index contributed by atoms with van der Waals surface area (Å²) in [5, 5.41) is 11.8. The van der Waals surface area contributed by atoms with E-state index in [1.807, 2.05) is 6.92 Å². The van der Waals surface area contributed by atoms with Crippen LogP contribution in [0.4, 0.5) is 11.4 Å². The zero-order valence-electron chi connectivity index (χ0n) is 17.9. The summed E-state index contributed by atoms with van der Waals surface area (Å²) in [6, 6.07) is 13.7. The number of benzene rings is 2. The molecule has 0 radical (unpaired) electrons. The summed E-state index contributed by atoms with van der Waals surface area (Å²) in [6.07, 6.45) is 0. The zero-order chi connectivity index (χ0) is 24.4. The van der Waals surface area contributed by atoms with Crippen molar-refractivity contribution in [3.63, 3.8) is 0 Å². The molecule has 1 fully saturated rings. The number of carboxylic acid groups (broad SMARTS) is 1. The molecule has 0 unspecified atom stereocenters. The smallest absolute Gasteiger partial charge is 0.323 e. The fraction of sp³-hybridized carbons (Fsp3) is 0.174. The summed E-state index contributed by atoms with van der Waals surface area (Å²) in [5.74, 6) is -2.13. The number of rotatable bonds is 7. The molecule has 2 aromatic rings. The van der Waals surface area contributed by atoms with Crippen LogP contribution in [-0.2, 0) is 19.2 Å². The predicted octanol–water partition coefficient (Wildman–Crippen LogP) is 2.73. The van der Waals surface area contributed by atoms with E-state index in [9.17, 15) is 19.2 Å². The Morgan fingerprint density at radius 1 is 1.03 bits per heavy atom. The van der Waals surface area contributed by atoms with Crippen LogP contribution < -0.4 is 15.0 Å². The number of ether oxygens (including phenoxy) is 1. The normalized spacial score (nSPS) is 17.3. The summed E-state index contributed by atoms with van der Waals surface area (Å²) in [6.45, 7) is 1.53. The van der Waals surface area contributed by atoms with Crippen molar-refractivity contribution in [3.8, 4) is 5.75 Å². The Balaban J connectivity index is 1.59. The summed E-state index contributed by atoms with van der Waals surface area (Å²) in [5.41, 5.74) is 1.61. The minimum Gasteiger partial charge on any atom is -0.494 e. The molecule has 34 heavy (non-hydrogen) atoms. The number of hydrogen-bond acceptors (Lipinski definition) is 7. The zero-order valence-corrected chi connectivity index (χ0v) is 19.6. The average molecular weight is 498 g/mol. The van der Waals surface area contributed by atoms with E-state index in [1.54, 1.807) is 48.5 Å². The molecule has 0 atom stereocenters. The molecule has 2 heterocycles. The lowest BCUT2D eigenvalue weighted by molar-refractivity contribution is -0.140. The first kappa shape index (κ1) is 23.5. The number of nitrogens with zero attached hydrogens (tertiary/aromatic N) is 2. The van der Waals surface area contributed by atoms with E-state index >= 15 is 0 Å². The van der Waals surface area contributed by atoms with Gasteiger partial charge in [0, 0.05) is 11.3 Å². The topological polar surface area (TPSA) is 116 Å². The molecule has 174 valence electrons. The van der Waals surface area contributed by atoms with Crippen LogP contribution in [0.3, 0.4) is 0 Å². The van der Waals surface area contributed by atoms with Gasteiger partial charge in [0.15, 0.2) is 0 Å². The lowest BCUT2D eigenvalue weighted by atomic mass is 10.1. The first-order chi connectivity index (χ1) is 16.3. The van der Waals surface area contributed by atoms with E-state index in [0.717, 1.165) is 16.7 Å². The van der Waals surface area contributed by atoms with Crippen molar-refractivity contribution in [2.45, 2.75) is 6.92 Å². The van der Waals surface area contributed by atoms with Crippen molar-refractivity contribution < 1.29 is 29.0 Å². The standard InChI is InChI=1S/C23H19N3O6S2/c1-2-32-14-9-7-13(8-10-14)24-17(27)11-25-16-6-4-3-5-15(16)19(21(25)30)20-22(31)26(12-18(28)29)23(33)34-20/h3-10H,2,11-12H2,1H3,(H,24,27)(H,28,29). The van der Waals surface area contributed by atoms with E-state index in [2.05, 4.69) is 5.32 Å². The molecule has 9 nitrogen and oxygen atoms in total. The van der Waals surface area contributed by atoms with Crippen molar-refractivity contribution in [2.24, 2.45) is 0 Å². The second kappa shape index (κ2) is 9.65. The van der Waals surface area contributed by atoms with Crippen LogP contribution in [0.1, 0.15) is 12.5 Å². The highest BCUT2D eigenvalue weighted by atomic mass is 32.2. The predicted molar refractivity (Wildman–Crippen MR) is 131 cm³/mol. The van der Waals surface area contributed by atoms with E-state index in [-0.39, 0.29) is 21.3 Å². The largest absolute Gasteiger partial charge is 0.494 e. The Kier molecular flexibility index (Phi) is 6.66. The van der Waals surface area contributed by atoms with Gasteiger partial charge in [-0.3, -0.25) is 29.0 Å². The number of hydrogen-bond donors (Lipinski definition) is 2. The first-order valence-corrected chi connectivity index (χ1v) is 11.5. The van der Waals surface area contributed by atoms with E-state index in [0.29, 0.717) is 29.3 Å². The van der Waals surface area contributed by atoms with Crippen LogP contribution in [0.25, 0.3) is 5.57 Å². The third kappa shape index (κ3) is 4.52. The van der Waals surface area contributed by atoms with Gasteiger partial charge in [0.1, 0.15) is 23.2 Å². The molecule has 11 heteroatoms. The maximum absolute atomic E-state index is 13.4. The van der Waals surface area contributed by atoms with Gasteiger partial charge >= 0.3 is 5.97 Å². The van der Waals surface area contributed by atoms with Crippen LogP contribution >= 0.6 is 24.0 Å². The highest BCUT2D eigenvalue weighted by Crippen LogP contribution is 2.44. The van der Waals surface area contributed by atoms with Gasteiger partial charge in [-0.1, -0.05) is 42.2 Å². The number of amides is 3. The summed E-state index contributed by atoms with van der Waals surface area (Å²) in [7, 11) is 0. The van der Waals surface area contributed by atoms with Gasteiger partial charge in [-0.05, 0) is 37.3 Å². The molecular weight excluding hydrogens is 478 g/mol. The number of carbonyl (C=O) groups is 4. The lowest BCUT2D eigenvalue weighted by Gasteiger charge is -2.17. The lowest BCUT2D eigenvalue weighted by Crippen LogP contribution is -2.36.